The van der Waals surface area contributed by atoms with Gasteiger partial charge in [-0.15, -0.1) is 0 Å². The SMILES string of the molecule is CNCc1ccc(CN2CCC(C)C(OC)C2)nc1. The largest absolute Gasteiger partial charge is 0.380 e. The molecule has 0 saturated carbocycles. The Kier molecular flexibility index (Phi) is 5.31. The van der Waals surface area contributed by atoms with Gasteiger partial charge in [-0.05, 0) is 37.6 Å². The van der Waals surface area contributed by atoms with Crippen molar-refractivity contribution in [3.63, 3.8) is 0 Å². The Balaban J connectivity index is 1.90. The third-order valence-corrected chi connectivity index (χ3v) is 3.93. The van der Waals surface area contributed by atoms with Crippen molar-refractivity contribution in [3.8, 4) is 0 Å². The molecule has 2 unspecified atom stereocenters. The molecule has 4 heteroatoms. The van der Waals surface area contributed by atoms with Gasteiger partial charge in [-0.1, -0.05) is 13.0 Å². The minimum absolute atomic E-state index is 0.359. The number of aromatic nitrogens is 1. The van der Waals surface area contributed by atoms with Crippen molar-refractivity contribution in [1.29, 1.82) is 0 Å². The normalized spacial score (nSPS) is 24.6. The van der Waals surface area contributed by atoms with Crippen LogP contribution in [-0.2, 0) is 17.8 Å². The van der Waals surface area contributed by atoms with Gasteiger partial charge >= 0.3 is 0 Å². The van der Waals surface area contributed by atoms with Crippen LogP contribution in [0.25, 0.3) is 0 Å². The van der Waals surface area contributed by atoms with Crippen molar-refractivity contribution in [2.45, 2.75) is 32.5 Å². The molecule has 106 valence electrons. The van der Waals surface area contributed by atoms with E-state index in [4.69, 9.17) is 4.74 Å². The second-order valence-corrected chi connectivity index (χ2v) is 5.46. The summed E-state index contributed by atoms with van der Waals surface area (Å²) in [6, 6.07) is 4.28. The van der Waals surface area contributed by atoms with Gasteiger partial charge in [0.15, 0.2) is 0 Å². The van der Waals surface area contributed by atoms with E-state index in [9.17, 15) is 0 Å². The summed E-state index contributed by atoms with van der Waals surface area (Å²) >= 11 is 0. The highest BCUT2D eigenvalue weighted by atomic mass is 16.5. The van der Waals surface area contributed by atoms with Gasteiger partial charge in [-0.25, -0.2) is 0 Å². The average Bonchev–Trinajstić information content (AvgIpc) is 2.43. The van der Waals surface area contributed by atoms with Crippen molar-refractivity contribution >= 4 is 0 Å². The minimum Gasteiger partial charge on any atom is -0.380 e. The first-order valence-electron chi connectivity index (χ1n) is 7.06. The lowest BCUT2D eigenvalue weighted by Crippen LogP contribution is -2.43. The van der Waals surface area contributed by atoms with Gasteiger partial charge in [0.2, 0.25) is 0 Å². The second-order valence-electron chi connectivity index (χ2n) is 5.46. The molecular formula is C15H25N3O. The van der Waals surface area contributed by atoms with Crippen LogP contribution in [0.1, 0.15) is 24.6 Å². The topological polar surface area (TPSA) is 37.4 Å². The van der Waals surface area contributed by atoms with Gasteiger partial charge in [0.05, 0.1) is 11.8 Å². The Morgan fingerprint density at radius 1 is 1.47 bits per heavy atom. The van der Waals surface area contributed by atoms with E-state index in [1.807, 2.05) is 20.4 Å². The van der Waals surface area contributed by atoms with Crippen LogP contribution in [0.4, 0.5) is 0 Å². The molecule has 0 amide bonds. The highest BCUT2D eigenvalue weighted by Crippen LogP contribution is 2.20. The Hall–Kier alpha value is -0.970. The molecule has 0 spiro atoms. The third-order valence-electron chi connectivity index (χ3n) is 3.93. The first kappa shape index (κ1) is 14.4. The standard InChI is InChI=1S/C15H25N3O/c1-12-6-7-18(11-15(12)19-3)10-14-5-4-13(8-16-2)9-17-14/h4-5,9,12,15-16H,6-8,10-11H2,1-3H3. The van der Waals surface area contributed by atoms with E-state index >= 15 is 0 Å². The van der Waals surface area contributed by atoms with Gasteiger partial charge in [-0.2, -0.15) is 0 Å². The summed E-state index contributed by atoms with van der Waals surface area (Å²) in [6.07, 6.45) is 3.53. The Morgan fingerprint density at radius 2 is 2.32 bits per heavy atom. The first-order chi connectivity index (χ1) is 9.22. The molecule has 0 radical (unpaired) electrons. The summed E-state index contributed by atoms with van der Waals surface area (Å²) < 4.78 is 5.55. The fourth-order valence-electron chi connectivity index (χ4n) is 2.63. The molecule has 1 saturated heterocycles. The predicted octanol–water partition coefficient (Wildman–Crippen LogP) is 1.66. The summed E-state index contributed by atoms with van der Waals surface area (Å²) in [7, 11) is 3.77. The first-order valence-corrected chi connectivity index (χ1v) is 7.06. The van der Waals surface area contributed by atoms with Gasteiger partial charge in [0.25, 0.3) is 0 Å². The quantitative estimate of drug-likeness (QED) is 0.876. The fourth-order valence-corrected chi connectivity index (χ4v) is 2.63. The number of piperidine rings is 1. The zero-order chi connectivity index (χ0) is 13.7. The number of nitrogens with one attached hydrogen (secondary N) is 1. The van der Waals surface area contributed by atoms with Gasteiger partial charge < -0.3 is 10.1 Å². The predicted molar refractivity (Wildman–Crippen MR) is 76.9 cm³/mol. The number of rotatable bonds is 5. The van der Waals surface area contributed by atoms with Crippen LogP contribution in [0.5, 0.6) is 0 Å². The number of methoxy groups -OCH3 is 1. The summed E-state index contributed by atoms with van der Waals surface area (Å²) in [6.45, 7) is 6.22. The zero-order valence-corrected chi connectivity index (χ0v) is 12.2. The van der Waals surface area contributed by atoms with E-state index in [0.29, 0.717) is 12.0 Å². The molecule has 1 aliphatic heterocycles. The number of likely N-dealkylation sites (tertiary alicyclic amines) is 1. The van der Waals surface area contributed by atoms with E-state index < -0.39 is 0 Å². The Labute approximate surface area is 116 Å². The van der Waals surface area contributed by atoms with Crippen LogP contribution in [0.3, 0.4) is 0 Å². The zero-order valence-electron chi connectivity index (χ0n) is 12.2. The van der Waals surface area contributed by atoms with Crippen molar-refractivity contribution < 1.29 is 4.74 Å². The number of hydrogen-bond acceptors (Lipinski definition) is 4. The molecule has 2 heterocycles. The Morgan fingerprint density at radius 3 is 2.95 bits per heavy atom. The van der Waals surface area contributed by atoms with Crippen LogP contribution in [-0.4, -0.2) is 43.2 Å². The molecule has 2 atom stereocenters. The van der Waals surface area contributed by atoms with Crippen LogP contribution in [0.15, 0.2) is 18.3 Å². The van der Waals surface area contributed by atoms with Crippen LogP contribution < -0.4 is 5.32 Å². The Bertz CT molecular complexity index is 379. The molecule has 1 fully saturated rings. The van der Waals surface area contributed by atoms with Gasteiger partial charge in [0, 0.05) is 32.9 Å². The smallest absolute Gasteiger partial charge is 0.0724 e. The van der Waals surface area contributed by atoms with E-state index in [-0.39, 0.29) is 0 Å². The molecule has 1 aromatic heterocycles. The molecule has 1 aromatic rings. The minimum atomic E-state index is 0.359. The highest BCUT2D eigenvalue weighted by molar-refractivity contribution is 5.14. The number of pyridine rings is 1. The lowest BCUT2D eigenvalue weighted by atomic mass is 9.96. The molecule has 0 aromatic carbocycles. The molecule has 19 heavy (non-hydrogen) atoms. The van der Waals surface area contributed by atoms with Crippen LogP contribution in [0.2, 0.25) is 0 Å². The van der Waals surface area contributed by atoms with Crippen LogP contribution >= 0.6 is 0 Å². The van der Waals surface area contributed by atoms with E-state index in [0.717, 1.165) is 31.9 Å². The number of hydrogen-bond donors (Lipinski definition) is 1. The average molecular weight is 263 g/mol. The van der Waals surface area contributed by atoms with Gasteiger partial charge in [0.1, 0.15) is 0 Å². The lowest BCUT2D eigenvalue weighted by molar-refractivity contribution is -0.00778. The molecule has 0 bridgehead atoms. The van der Waals surface area contributed by atoms with Crippen molar-refractivity contribution in [3.05, 3.63) is 29.6 Å². The van der Waals surface area contributed by atoms with Gasteiger partial charge in [-0.3, -0.25) is 9.88 Å². The molecular weight excluding hydrogens is 238 g/mol. The van der Waals surface area contributed by atoms with E-state index in [1.54, 1.807) is 0 Å². The van der Waals surface area contributed by atoms with Crippen molar-refractivity contribution in [2.75, 3.05) is 27.2 Å². The molecule has 1 N–H and O–H groups in total. The molecule has 0 aliphatic carbocycles. The maximum absolute atomic E-state index is 5.55. The molecule has 1 aliphatic rings. The maximum Gasteiger partial charge on any atom is 0.0724 e. The monoisotopic (exact) mass is 263 g/mol. The molecule has 4 nitrogen and oxygen atoms in total. The van der Waals surface area contributed by atoms with Crippen molar-refractivity contribution in [2.24, 2.45) is 5.92 Å². The lowest BCUT2D eigenvalue weighted by Gasteiger charge is -2.36. The van der Waals surface area contributed by atoms with E-state index in [1.165, 1.54) is 12.0 Å². The molecule has 2 rings (SSSR count). The third kappa shape index (κ3) is 4.00. The summed E-state index contributed by atoms with van der Waals surface area (Å²) in [4.78, 5) is 6.98. The number of ether oxygens (including phenoxy) is 1. The summed E-state index contributed by atoms with van der Waals surface area (Å²) in [5.74, 6) is 0.659. The second kappa shape index (κ2) is 6.98. The van der Waals surface area contributed by atoms with Crippen molar-refractivity contribution in [1.82, 2.24) is 15.2 Å². The van der Waals surface area contributed by atoms with E-state index in [2.05, 4.69) is 34.3 Å². The maximum atomic E-state index is 5.55. The highest BCUT2D eigenvalue weighted by Gasteiger charge is 2.25. The fraction of sp³-hybridized carbons (Fsp3) is 0.667. The summed E-state index contributed by atoms with van der Waals surface area (Å²) in [5.41, 5.74) is 2.37. The number of nitrogens with zero attached hydrogens (tertiary/aromatic N) is 2. The van der Waals surface area contributed by atoms with Crippen LogP contribution in [0, 0.1) is 5.92 Å². The summed E-state index contributed by atoms with van der Waals surface area (Å²) in [5, 5.41) is 3.14.